The number of fused-ring (bicyclic) bond motifs is 1. The Morgan fingerprint density at radius 2 is 1.97 bits per heavy atom. The summed E-state index contributed by atoms with van der Waals surface area (Å²) in [5, 5.41) is 7.39. The van der Waals surface area contributed by atoms with Crippen LogP contribution in [0, 0.1) is 6.92 Å². The second-order valence-electron chi connectivity index (χ2n) is 6.67. The molecule has 0 aliphatic heterocycles. The number of aryl methyl sites for hydroxylation is 1. The van der Waals surface area contributed by atoms with E-state index in [1.807, 2.05) is 31.2 Å². The van der Waals surface area contributed by atoms with Gasteiger partial charge in [0.25, 0.3) is 5.91 Å². The standard InChI is InChI=1S/C22H19N3O5S/c1-13-23-17-10-15(8-9-19(17)31-13)29-12-16-11-18(25-30-16)21(26)24-20(22(27)28-2)14-6-4-3-5-7-14/h3-11,20H,12H2,1-2H3,(H,24,26)/t20-/m0/s1. The van der Waals surface area contributed by atoms with E-state index in [1.165, 1.54) is 13.2 Å². The number of ether oxygens (including phenoxy) is 2. The number of amides is 1. The normalized spacial score (nSPS) is 11.8. The number of nitrogens with zero attached hydrogens (tertiary/aromatic N) is 2. The van der Waals surface area contributed by atoms with Crippen LogP contribution in [0.5, 0.6) is 5.75 Å². The lowest BCUT2D eigenvalue weighted by molar-refractivity contribution is -0.143. The number of rotatable bonds is 7. The van der Waals surface area contributed by atoms with Crippen molar-refractivity contribution in [3.8, 4) is 5.75 Å². The zero-order chi connectivity index (χ0) is 21.8. The Bertz CT molecular complexity index is 1220. The average Bonchev–Trinajstić information content (AvgIpc) is 3.41. The lowest BCUT2D eigenvalue weighted by Gasteiger charge is -2.15. The molecule has 0 radical (unpaired) electrons. The summed E-state index contributed by atoms with van der Waals surface area (Å²) in [6, 6.07) is 15.0. The molecule has 1 amide bonds. The number of aromatic nitrogens is 2. The van der Waals surface area contributed by atoms with Crippen molar-refractivity contribution in [3.63, 3.8) is 0 Å². The molecule has 0 aliphatic carbocycles. The summed E-state index contributed by atoms with van der Waals surface area (Å²) in [6.07, 6.45) is 0. The van der Waals surface area contributed by atoms with Crippen LogP contribution in [0.3, 0.4) is 0 Å². The maximum Gasteiger partial charge on any atom is 0.333 e. The van der Waals surface area contributed by atoms with Crippen molar-refractivity contribution in [1.29, 1.82) is 0 Å². The molecule has 4 rings (SSSR count). The fraction of sp³-hybridized carbons (Fsp3) is 0.182. The fourth-order valence-electron chi connectivity index (χ4n) is 3.00. The first-order valence-corrected chi connectivity index (χ1v) is 10.2. The van der Waals surface area contributed by atoms with Gasteiger partial charge in [-0.05, 0) is 24.6 Å². The third kappa shape index (κ3) is 4.72. The van der Waals surface area contributed by atoms with Gasteiger partial charge in [0.2, 0.25) is 0 Å². The minimum atomic E-state index is -0.955. The predicted molar refractivity (Wildman–Crippen MR) is 114 cm³/mol. The minimum absolute atomic E-state index is 0.0361. The van der Waals surface area contributed by atoms with Crippen LogP contribution >= 0.6 is 11.3 Å². The van der Waals surface area contributed by atoms with Gasteiger partial charge in [0.05, 0.1) is 22.3 Å². The minimum Gasteiger partial charge on any atom is -0.485 e. The van der Waals surface area contributed by atoms with Gasteiger partial charge < -0.3 is 19.3 Å². The smallest absolute Gasteiger partial charge is 0.333 e. The largest absolute Gasteiger partial charge is 0.485 e. The van der Waals surface area contributed by atoms with Crippen LogP contribution in [-0.2, 0) is 16.1 Å². The number of thiazole rings is 1. The monoisotopic (exact) mass is 437 g/mol. The summed E-state index contributed by atoms with van der Waals surface area (Å²) in [4.78, 5) is 29.2. The highest BCUT2D eigenvalue weighted by Gasteiger charge is 2.25. The van der Waals surface area contributed by atoms with E-state index in [0.717, 1.165) is 15.2 Å². The summed E-state index contributed by atoms with van der Waals surface area (Å²) in [6.45, 7) is 2.04. The molecular formula is C22H19N3O5S. The van der Waals surface area contributed by atoms with Gasteiger partial charge in [0.15, 0.2) is 17.5 Å². The molecule has 158 valence electrons. The third-order valence-electron chi connectivity index (χ3n) is 4.48. The summed E-state index contributed by atoms with van der Waals surface area (Å²) in [5.41, 5.74) is 1.50. The van der Waals surface area contributed by atoms with Crippen LogP contribution in [0.2, 0.25) is 0 Å². The number of esters is 1. The number of benzene rings is 2. The molecule has 2 heterocycles. The van der Waals surface area contributed by atoms with Gasteiger partial charge in [-0.1, -0.05) is 35.5 Å². The molecule has 0 unspecified atom stereocenters. The Labute approximate surface area is 181 Å². The number of carbonyl (C=O) groups excluding carboxylic acids is 2. The van der Waals surface area contributed by atoms with Crippen molar-refractivity contribution in [2.75, 3.05) is 7.11 Å². The molecule has 1 atom stereocenters. The molecule has 4 aromatic rings. The van der Waals surface area contributed by atoms with E-state index in [4.69, 9.17) is 14.0 Å². The van der Waals surface area contributed by atoms with E-state index in [9.17, 15) is 9.59 Å². The van der Waals surface area contributed by atoms with Gasteiger partial charge in [-0.3, -0.25) is 4.79 Å². The molecule has 1 N–H and O–H groups in total. The van der Waals surface area contributed by atoms with Gasteiger partial charge in [0, 0.05) is 12.1 Å². The molecule has 9 heteroatoms. The molecule has 0 bridgehead atoms. The van der Waals surface area contributed by atoms with Gasteiger partial charge in [-0.2, -0.15) is 0 Å². The van der Waals surface area contributed by atoms with Crippen LogP contribution in [0.4, 0.5) is 0 Å². The molecular weight excluding hydrogens is 418 g/mol. The molecule has 8 nitrogen and oxygen atoms in total. The highest BCUT2D eigenvalue weighted by atomic mass is 32.1. The van der Waals surface area contributed by atoms with E-state index in [1.54, 1.807) is 35.6 Å². The third-order valence-corrected chi connectivity index (χ3v) is 5.44. The molecule has 2 aromatic carbocycles. The second kappa shape index (κ2) is 8.97. The number of carbonyl (C=O) groups is 2. The van der Waals surface area contributed by atoms with E-state index < -0.39 is 17.9 Å². The molecule has 2 aromatic heterocycles. The van der Waals surface area contributed by atoms with E-state index in [0.29, 0.717) is 17.1 Å². The number of methoxy groups -OCH3 is 1. The van der Waals surface area contributed by atoms with E-state index >= 15 is 0 Å². The Kier molecular flexibility index (Phi) is 5.94. The Morgan fingerprint density at radius 1 is 1.16 bits per heavy atom. The number of hydrogen-bond acceptors (Lipinski definition) is 8. The second-order valence-corrected chi connectivity index (χ2v) is 7.90. The zero-order valence-electron chi connectivity index (χ0n) is 16.8. The van der Waals surface area contributed by atoms with Crippen molar-refractivity contribution >= 4 is 33.4 Å². The van der Waals surface area contributed by atoms with Crippen molar-refractivity contribution in [1.82, 2.24) is 15.5 Å². The highest BCUT2D eigenvalue weighted by Crippen LogP contribution is 2.26. The Morgan fingerprint density at radius 3 is 2.74 bits per heavy atom. The van der Waals surface area contributed by atoms with Crippen molar-refractivity contribution < 1.29 is 23.6 Å². The topological polar surface area (TPSA) is 104 Å². The molecule has 0 fully saturated rings. The quantitative estimate of drug-likeness (QED) is 0.438. The van der Waals surface area contributed by atoms with Crippen molar-refractivity contribution in [2.24, 2.45) is 0 Å². The van der Waals surface area contributed by atoms with E-state index in [-0.39, 0.29) is 12.3 Å². The maximum atomic E-state index is 12.6. The van der Waals surface area contributed by atoms with Crippen LogP contribution < -0.4 is 10.1 Å². The SMILES string of the molecule is COC(=O)[C@@H](NC(=O)c1cc(COc2ccc3sc(C)nc3c2)on1)c1ccccc1. The zero-order valence-corrected chi connectivity index (χ0v) is 17.6. The number of nitrogens with one attached hydrogen (secondary N) is 1. The molecule has 0 saturated carbocycles. The van der Waals surface area contributed by atoms with Crippen LogP contribution in [0.1, 0.15) is 32.9 Å². The molecule has 0 aliphatic rings. The fourth-order valence-corrected chi connectivity index (χ4v) is 3.81. The van der Waals surface area contributed by atoms with Gasteiger partial charge in [0.1, 0.15) is 12.4 Å². The highest BCUT2D eigenvalue weighted by molar-refractivity contribution is 7.18. The van der Waals surface area contributed by atoms with Gasteiger partial charge in [-0.15, -0.1) is 11.3 Å². The lowest BCUT2D eigenvalue weighted by atomic mass is 10.1. The van der Waals surface area contributed by atoms with Gasteiger partial charge in [-0.25, -0.2) is 9.78 Å². The first kappa shape index (κ1) is 20.5. The Hall–Kier alpha value is -3.72. The van der Waals surface area contributed by atoms with Crippen molar-refractivity contribution in [3.05, 3.63) is 76.6 Å². The lowest BCUT2D eigenvalue weighted by Crippen LogP contribution is -2.34. The summed E-state index contributed by atoms with van der Waals surface area (Å²) in [5.74, 6) is -0.142. The van der Waals surface area contributed by atoms with Crippen LogP contribution in [-0.4, -0.2) is 29.1 Å². The molecule has 0 spiro atoms. The average molecular weight is 437 g/mol. The first-order valence-electron chi connectivity index (χ1n) is 9.42. The Balaban J connectivity index is 1.42. The predicted octanol–water partition coefficient (Wildman–Crippen LogP) is 3.82. The molecule has 31 heavy (non-hydrogen) atoms. The number of hydrogen-bond donors (Lipinski definition) is 1. The maximum absolute atomic E-state index is 12.6. The summed E-state index contributed by atoms with van der Waals surface area (Å²) >= 11 is 1.62. The van der Waals surface area contributed by atoms with E-state index in [2.05, 4.69) is 15.5 Å². The van der Waals surface area contributed by atoms with Crippen LogP contribution in [0.25, 0.3) is 10.2 Å². The first-order chi connectivity index (χ1) is 15.0. The summed E-state index contributed by atoms with van der Waals surface area (Å²) in [7, 11) is 1.26. The van der Waals surface area contributed by atoms with Gasteiger partial charge >= 0.3 is 5.97 Å². The summed E-state index contributed by atoms with van der Waals surface area (Å²) < 4.78 is 16.8. The van der Waals surface area contributed by atoms with Crippen molar-refractivity contribution in [2.45, 2.75) is 19.6 Å². The van der Waals surface area contributed by atoms with Crippen LogP contribution in [0.15, 0.2) is 59.1 Å². The molecule has 0 saturated heterocycles.